The number of fused-ring (bicyclic) bond motifs is 1. The Labute approximate surface area is 132 Å². The Balaban J connectivity index is 1.50. The van der Waals surface area contributed by atoms with Gasteiger partial charge in [0.1, 0.15) is 0 Å². The van der Waals surface area contributed by atoms with Crippen molar-refractivity contribution < 1.29 is 5.11 Å². The largest absolute Gasteiger partial charge is 0.391 e. The molecule has 3 atom stereocenters. The molecular formula is C19H37NO. The van der Waals surface area contributed by atoms with Crippen molar-refractivity contribution in [3.8, 4) is 0 Å². The number of unbranched alkanes of at least 4 members (excludes halogenated alkanes) is 7. The lowest BCUT2D eigenvalue weighted by molar-refractivity contribution is -0.0244. The lowest BCUT2D eigenvalue weighted by Gasteiger charge is -2.45. The third kappa shape index (κ3) is 5.90. The van der Waals surface area contributed by atoms with Crippen LogP contribution in [0.3, 0.4) is 0 Å². The molecule has 0 saturated carbocycles. The summed E-state index contributed by atoms with van der Waals surface area (Å²) in [5, 5.41) is 10.1. The summed E-state index contributed by atoms with van der Waals surface area (Å²) in [6, 6.07) is 0.494. The number of piperidine rings is 2. The van der Waals surface area contributed by atoms with Gasteiger partial charge in [0.2, 0.25) is 0 Å². The summed E-state index contributed by atoms with van der Waals surface area (Å²) >= 11 is 0. The summed E-state index contributed by atoms with van der Waals surface area (Å²) in [6.07, 6.45) is 17.6. The predicted octanol–water partition coefficient (Wildman–Crippen LogP) is 4.75. The van der Waals surface area contributed by atoms with Gasteiger partial charge in [-0.05, 0) is 44.6 Å². The van der Waals surface area contributed by atoms with Crippen molar-refractivity contribution in [3.63, 3.8) is 0 Å². The lowest BCUT2D eigenvalue weighted by Crippen LogP contribution is -2.52. The van der Waals surface area contributed by atoms with Gasteiger partial charge in [0, 0.05) is 12.6 Å². The predicted molar refractivity (Wildman–Crippen MR) is 90.6 cm³/mol. The van der Waals surface area contributed by atoms with E-state index in [0.29, 0.717) is 6.04 Å². The lowest BCUT2D eigenvalue weighted by atomic mass is 9.84. The van der Waals surface area contributed by atoms with Crippen molar-refractivity contribution in [2.45, 2.75) is 103 Å². The molecule has 0 radical (unpaired) electrons. The minimum atomic E-state index is -0.0391. The Bertz CT molecular complexity index is 268. The van der Waals surface area contributed by atoms with E-state index in [1.165, 1.54) is 90.1 Å². The number of aliphatic hydroxyl groups is 1. The van der Waals surface area contributed by atoms with Crippen molar-refractivity contribution in [3.05, 3.63) is 0 Å². The fourth-order valence-corrected chi connectivity index (χ4v) is 4.34. The van der Waals surface area contributed by atoms with Gasteiger partial charge in [-0.15, -0.1) is 0 Å². The Kier molecular flexibility index (Phi) is 8.10. The third-order valence-corrected chi connectivity index (χ3v) is 5.69. The minimum Gasteiger partial charge on any atom is -0.391 e. The normalized spacial score (nSPS) is 30.3. The molecule has 0 spiro atoms. The molecule has 2 heteroatoms. The molecule has 21 heavy (non-hydrogen) atoms. The maximum Gasteiger partial charge on any atom is 0.0695 e. The molecule has 0 amide bonds. The van der Waals surface area contributed by atoms with Crippen LogP contribution in [0.1, 0.15) is 90.4 Å². The molecule has 0 aromatic rings. The molecule has 2 nitrogen and oxygen atoms in total. The van der Waals surface area contributed by atoms with E-state index in [0.717, 1.165) is 12.3 Å². The maximum atomic E-state index is 10.1. The van der Waals surface area contributed by atoms with Gasteiger partial charge in [0.25, 0.3) is 0 Å². The third-order valence-electron chi connectivity index (χ3n) is 5.69. The molecule has 0 aromatic heterocycles. The highest BCUT2D eigenvalue weighted by Crippen LogP contribution is 2.31. The summed E-state index contributed by atoms with van der Waals surface area (Å²) in [7, 11) is 0. The first-order valence-corrected chi connectivity index (χ1v) is 9.73. The molecule has 0 aromatic carbocycles. The highest BCUT2D eigenvalue weighted by Gasteiger charge is 2.34. The number of hydrogen-bond donors (Lipinski definition) is 1. The molecule has 2 heterocycles. The average molecular weight is 296 g/mol. The maximum absolute atomic E-state index is 10.1. The van der Waals surface area contributed by atoms with E-state index in [1.807, 2.05) is 0 Å². The van der Waals surface area contributed by atoms with Crippen LogP contribution in [0.15, 0.2) is 0 Å². The summed E-state index contributed by atoms with van der Waals surface area (Å²) in [4.78, 5) is 2.59. The van der Waals surface area contributed by atoms with Crippen LogP contribution in [0.2, 0.25) is 0 Å². The summed E-state index contributed by atoms with van der Waals surface area (Å²) < 4.78 is 0. The van der Waals surface area contributed by atoms with Crippen LogP contribution in [0.5, 0.6) is 0 Å². The Morgan fingerprint density at radius 3 is 2.38 bits per heavy atom. The number of nitrogens with zero attached hydrogens (tertiary/aromatic N) is 1. The highest BCUT2D eigenvalue weighted by atomic mass is 16.3. The zero-order valence-corrected chi connectivity index (χ0v) is 14.2. The van der Waals surface area contributed by atoms with Gasteiger partial charge in [0.15, 0.2) is 0 Å². The van der Waals surface area contributed by atoms with E-state index in [1.54, 1.807) is 0 Å². The number of hydrogen-bond acceptors (Lipinski definition) is 2. The highest BCUT2D eigenvalue weighted by molar-refractivity contribution is 4.89. The second kappa shape index (κ2) is 9.84. The van der Waals surface area contributed by atoms with Crippen molar-refractivity contribution in [1.29, 1.82) is 0 Å². The van der Waals surface area contributed by atoms with Crippen molar-refractivity contribution in [2.24, 2.45) is 5.92 Å². The van der Waals surface area contributed by atoms with Crippen molar-refractivity contribution in [1.82, 2.24) is 4.90 Å². The van der Waals surface area contributed by atoms with E-state index in [4.69, 9.17) is 0 Å². The van der Waals surface area contributed by atoms with Crippen LogP contribution in [0, 0.1) is 5.92 Å². The zero-order chi connectivity index (χ0) is 14.9. The Hall–Kier alpha value is -0.0800. The molecule has 1 N–H and O–H groups in total. The smallest absolute Gasteiger partial charge is 0.0695 e. The summed E-state index contributed by atoms with van der Waals surface area (Å²) in [5.41, 5.74) is 0. The first-order valence-electron chi connectivity index (χ1n) is 9.73. The van der Waals surface area contributed by atoms with Gasteiger partial charge in [0.05, 0.1) is 6.10 Å². The standard InChI is InChI=1S/C19H37NO/c1-2-3-4-5-6-7-8-9-11-17-13-14-18-19(21)12-10-15-20(18)16-17/h17-19,21H,2-16H2,1H3/t17-,18-,19+/m0/s1. The summed E-state index contributed by atoms with van der Waals surface area (Å²) in [5.74, 6) is 0.909. The quantitative estimate of drug-likeness (QED) is 0.620. The Morgan fingerprint density at radius 2 is 1.62 bits per heavy atom. The number of aliphatic hydroxyl groups excluding tert-OH is 1. The average Bonchev–Trinajstić information content (AvgIpc) is 2.50. The van der Waals surface area contributed by atoms with E-state index < -0.39 is 0 Å². The second-order valence-corrected chi connectivity index (χ2v) is 7.48. The fourth-order valence-electron chi connectivity index (χ4n) is 4.34. The topological polar surface area (TPSA) is 23.5 Å². The molecule has 2 aliphatic rings. The summed E-state index contributed by atoms with van der Waals surface area (Å²) in [6.45, 7) is 4.78. The van der Waals surface area contributed by atoms with Crippen LogP contribution in [-0.4, -0.2) is 35.2 Å². The van der Waals surface area contributed by atoms with Crippen LogP contribution < -0.4 is 0 Å². The molecule has 124 valence electrons. The second-order valence-electron chi connectivity index (χ2n) is 7.48. The van der Waals surface area contributed by atoms with Crippen molar-refractivity contribution in [2.75, 3.05) is 13.1 Å². The molecule has 2 fully saturated rings. The monoisotopic (exact) mass is 295 g/mol. The molecule has 0 aliphatic carbocycles. The van der Waals surface area contributed by atoms with Crippen molar-refractivity contribution >= 4 is 0 Å². The molecule has 0 unspecified atom stereocenters. The van der Waals surface area contributed by atoms with E-state index >= 15 is 0 Å². The van der Waals surface area contributed by atoms with Gasteiger partial charge >= 0.3 is 0 Å². The van der Waals surface area contributed by atoms with Gasteiger partial charge in [-0.1, -0.05) is 58.3 Å². The van der Waals surface area contributed by atoms with E-state index in [2.05, 4.69) is 11.8 Å². The van der Waals surface area contributed by atoms with Gasteiger partial charge in [-0.2, -0.15) is 0 Å². The zero-order valence-electron chi connectivity index (χ0n) is 14.2. The SMILES string of the molecule is CCCCCCCCCC[C@H]1CC[C@H]2[C@H](O)CCCN2C1. The van der Waals surface area contributed by atoms with Crippen LogP contribution in [0.4, 0.5) is 0 Å². The fraction of sp³-hybridized carbons (Fsp3) is 1.00. The van der Waals surface area contributed by atoms with Crippen LogP contribution >= 0.6 is 0 Å². The Morgan fingerprint density at radius 1 is 0.905 bits per heavy atom. The molecule has 2 saturated heterocycles. The number of rotatable bonds is 9. The molecule has 0 bridgehead atoms. The first kappa shape index (κ1) is 17.3. The minimum absolute atomic E-state index is 0.0391. The van der Waals surface area contributed by atoms with Crippen LogP contribution in [-0.2, 0) is 0 Å². The van der Waals surface area contributed by atoms with Gasteiger partial charge in [-0.3, -0.25) is 4.90 Å². The van der Waals surface area contributed by atoms with Gasteiger partial charge in [-0.25, -0.2) is 0 Å². The molecular weight excluding hydrogens is 258 g/mol. The van der Waals surface area contributed by atoms with Gasteiger partial charge < -0.3 is 5.11 Å². The molecule has 2 aliphatic heterocycles. The van der Waals surface area contributed by atoms with E-state index in [-0.39, 0.29) is 6.10 Å². The molecule has 2 rings (SSSR count). The van der Waals surface area contributed by atoms with E-state index in [9.17, 15) is 5.11 Å². The van der Waals surface area contributed by atoms with Crippen LogP contribution in [0.25, 0.3) is 0 Å². The first-order chi connectivity index (χ1) is 10.3.